The molecule has 0 spiro atoms. The zero-order chi connectivity index (χ0) is 8.55. The maximum Gasteiger partial charge on any atom is 0.218 e. The number of aromatic nitrogens is 3. The number of methoxy groups -OCH3 is 1. The Labute approximate surface area is 69.8 Å². The Morgan fingerprint density at radius 1 is 1.42 bits per heavy atom. The minimum absolute atomic E-state index is 0.702. The monoisotopic (exact) mass is 163 g/mol. The first-order chi connectivity index (χ1) is 5.81. The lowest BCUT2D eigenvalue weighted by atomic mass is 10.6. The molecular formula is C8H9N3O. The van der Waals surface area contributed by atoms with Gasteiger partial charge in [-0.15, -0.1) is 0 Å². The summed E-state index contributed by atoms with van der Waals surface area (Å²) in [6.45, 7) is 1.94. The molecule has 0 bridgehead atoms. The minimum atomic E-state index is 0.702. The van der Waals surface area contributed by atoms with Gasteiger partial charge in [0.1, 0.15) is 0 Å². The van der Waals surface area contributed by atoms with E-state index >= 15 is 0 Å². The zero-order valence-electron chi connectivity index (χ0n) is 6.98. The molecule has 2 aromatic rings. The Bertz CT molecular complexity index is 408. The second kappa shape index (κ2) is 2.48. The number of ether oxygens (including phenoxy) is 1. The molecule has 0 fully saturated rings. The highest BCUT2D eigenvalue weighted by Gasteiger charge is 2.01. The molecule has 12 heavy (non-hydrogen) atoms. The Morgan fingerprint density at radius 2 is 2.25 bits per heavy atom. The Balaban J connectivity index is 2.78. The van der Waals surface area contributed by atoms with E-state index in [0.29, 0.717) is 5.88 Å². The number of imidazole rings is 1. The van der Waals surface area contributed by atoms with E-state index in [4.69, 9.17) is 4.74 Å². The number of nitrogens with zero attached hydrogens (tertiary/aromatic N) is 3. The van der Waals surface area contributed by atoms with E-state index in [1.165, 1.54) is 0 Å². The number of aryl methyl sites for hydroxylation is 1. The molecule has 4 nitrogen and oxygen atoms in total. The first-order valence-electron chi connectivity index (χ1n) is 3.65. The summed E-state index contributed by atoms with van der Waals surface area (Å²) in [4.78, 5) is 8.23. The highest BCUT2D eigenvalue weighted by atomic mass is 16.5. The van der Waals surface area contributed by atoms with Crippen LogP contribution in [0.15, 0.2) is 18.6 Å². The second-order valence-electron chi connectivity index (χ2n) is 2.56. The standard InChI is InChI=1S/C8H9N3O/c1-6-5-11-7(10-6)3-9-4-8(11)12-2/h3-5H,1-2H3. The molecule has 0 aliphatic heterocycles. The SMILES string of the molecule is COc1cncc2nc(C)cn12. The average Bonchev–Trinajstić information content (AvgIpc) is 2.44. The molecule has 0 aromatic carbocycles. The van der Waals surface area contributed by atoms with E-state index < -0.39 is 0 Å². The largest absolute Gasteiger partial charge is 0.481 e. The molecule has 0 atom stereocenters. The van der Waals surface area contributed by atoms with Crippen molar-refractivity contribution in [2.75, 3.05) is 7.11 Å². The van der Waals surface area contributed by atoms with E-state index in [-0.39, 0.29) is 0 Å². The summed E-state index contributed by atoms with van der Waals surface area (Å²) < 4.78 is 6.96. The van der Waals surface area contributed by atoms with Gasteiger partial charge in [0.05, 0.1) is 25.2 Å². The Kier molecular flexibility index (Phi) is 1.46. The van der Waals surface area contributed by atoms with Gasteiger partial charge in [0.2, 0.25) is 5.88 Å². The van der Waals surface area contributed by atoms with E-state index in [0.717, 1.165) is 11.3 Å². The normalized spacial score (nSPS) is 10.5. The van der Waals surface area contributed by atoms with Crippen LogP contribution >= 0.6 is 0 Å². The summed E-state index contributed by atoms with van der Waals surface area (Å²) in [5.74, 6) is 0.702. The predicted molar refractivity (Wildman–Crippen MR) is 44.3 cm³/mol. The first-order valence-corrected chi connectivity index (χ1v) is 3.65. The lowest BCUT2D eigenvalue weighted by Gasteiger charge is -2.00. The molecule has 0 saturated heterocycles. The second-order valence-corrected chi connectivity index (χ2v) is 2.56. The lowest BCUT2D eigenvalue weighted by Crippen LogP contribution is -1.93. The van der Waals surface area contributed by atoms with Gasteiger partial charge in [-0.1, -0.05) is 0 Å². The van der Waals surface area contributed by atoms with Crippen molar-refractivity contribution in [3.8, 4) is 5.88 Å². The van der Waals surface area contributed by atoms with Crippen LogP contribution in [0.25, 0.3) is 5.65 Å². The molecule has 0 saturated carbocycles. The summed E-state index contributed by atoms with van der Waals surface area (Å²) in [6.07, 6.45) is 5.28. The van der Waals surface area contributed by atoms with Crippen LogP contribution in [0.4, 0.5) is 0 Å². The van der Waals surface area contributed by atoms with Crippen molar-refractivity contribution in [2.45, 2.75) is 6.92 Å². The highest BCUT2D eigenvalue weighted by molar-refractivity contribution is 5.40. The molecular weight excluding hydrogens is 154 g/mol. The fourth-order valence-corrected chi connectivity index (χ4v) is 1.16. The van der Waals surface area contributed by atoms with Crippen molar-refractivity contribution in [3.63, 3.8) is 0 Å². The predicted octanol–water partition coefficient (Wildman–Crippen LogP) is 1.05. The summed E-state index contributed by atoms with van der Waals surface area (Å²) >= 11 is 0. The number of fused-ring (bicyclic) bond motifs is 1. The van der Waals surface area contributed by atoms with Gasteiger partial charge in [-0.3, -0.25) is 9.38 Å². The van der Waals surface area contributed by atoms with Crippen molar-refractivity contribution < 1.29 is 4.74 Å². The molecule has 0 aliphatic carbocycles. The minimum Gasteiger partial charge on any atom is -0.481 e. The maximum absolute atomic E-state index is 5.10. The van der Waals surface area contributed by atoms with Crippen LogP contribution in [-0.4, -0.2) is 21.5 Å². The number of rotatable bonds is 1. The lowest BCUT2D eigenvalue weighted by molar-refractivity contribution is 0.390. The molecule has 2 heterocycles. The van der Waals surface area contributed by atoms with Crippen LogP contribution in [0, 0.1) is 6.92 Å². The number of hydrogen-bond acceptors (Lipinski definition) is 3. The fourth-order valence-electron chi connectivity index (χ4n) is 1.16. The summed E-state index contributed by atoms with van der Waals surface area (Å²) in [6, 6.07) is 0. The van der Waals surface area contributed by atoms with Crippen LogP contribution in [0.1, 0.15) is 5.69 Å². The summed E-state index contributed by atoms with van der Waals surface area (Å²) in [5, 5.41) is 0. The molecule has 0 aliphatic rings. The van der Waals surface area contributed by atoms with Crippen molar-refractivity contribution in [1.82, 2.24) is 14.4 Å². The molecule has 0 amide bonds. The molecule has 0 unspecified atom stereocenters. The fraction of sp³-hybridized carbons (Fsp3) is 0.250. The van der Waals surface area contributed by atoms with E-state index in [2.05, 4.69) is 9.97 Å². The Morgan fingerprint density at radius 3 is 3.00 bits per heavy atom. The smallest absolute Gasteiger partial charge is 0.218 e. The third-order valence-corrected chi connectivity index (χ3v) is 1.68. The first kappa shape index (κ1) is 7.09. The van der Waals surface area contributed by atoms with Gasteiger partial charge < -0.3 is 4.74 Å². The average molecular weight is 163 g/mol. The van der Waals surface area contributed by atoms with Crippen LogP contribution in [-0.2, 0) is 0 Å². The van der Waals surface area contributed by atoms with Crippen molar-refractivity contribution in [2.24, 2.45) is 0 Å². The third kappa shape index (κ3) is 0.922. The van der Waals surface area contributed by atoms with Crippen molar-refractivity contribution in [1.29, 1.82) is 0 Å². The topological polar surface area (TPSA) is 39.4 Å². The maximum atomic E-state index is 5.10. The molecule has 62 valence electrons. The van der Waals surface area contributed by atoms with Gasteiger partial charge in [0, 0.05) is 6.20 Å². The Hall–Kier alpha value is -1.58. The van der Waals surface area contributed by atoms with Gasteiger partial charge in [0.15, 0.2) is 5.65 Å². The van der Waals surface area contributed by atoms with Crippen LogP contribution in [0.5, 0.6) is 5.88 Å². The van der Waals surface area contributed by atoms with Crippen molar-refractivity contribution >= 4 is 5.65 Å². The molecule has 4 heteroatoms. The van der Waals surface area contributed by atoms with E-state index in [9.17, 15) is 0 Å². The van der Waals surface area contributed by atoms with E-state index in [1.54, 1.807) is 19.5 Å². The van der Waals surface area contributed by atoms with Crippen LogP contribution in [0.3, 0.4) is 0 Å². The van der Waals surface area contributed by atoms with Gasteiger partial charge in [-0.25, -0.2) is 4.98 Å². The van der Waals surface area contributed by atoms with Gasteiger partial charge >= 0.3 is 0 Å². The molecule has 0 radical (unpaired) electrons. The highest BCUT2D eigenvalue weighted by Crippen LogP contribution is 2.12. The molecule has 2 rings (SSSR count). The van der Waals surface area contributed by atoms with Gasteiger partial charge in [-0.2, -0.15) is 0 Å². The van der Waals surface area contributed by atoms with Crippen molar-refractivity contribution in [3.05, 3.63) is 24.3 Å². The summed E-state index contributed by atoms with van der Waals surface area (Å²) in [5.41, 5.74) is 1.77. The van der Waals surface area contributed by atoms with Gasteiger partial charge in [-0.05, 0) is 6.92 Å². The van der Waals surface area contributed by atoms with Crippen LogP contribution in [0.2, 0.25) is 0 Å². The molecule has 0 N–H and O–H groups in total. The van der Waals surface area contributed by atoms with Gasteiger partial charge in [0.25, 0.3) is 0 Å². The number of hydrogen-bond donors (Lipinski definition) is 0. The third-order valence-electron chi connectivity index (χ3n) is 1.68. The van der Waals surface area contributed by atoms with E-state index in [1.807, 2.05) is 17.5 Å². The quantitative estimate of drug-likeness (QED) is 0.630. The summed E-state index contributed by atoms with van der Waals surface area (Å²) in [7, 11) is 1.62. The molecule has 2 aromatic heterocycles. The van der Waals surface area contributed by atoms with Crippen LogP contribution < -0.4 is 4.74 Å². The zero-order valence-corrected chi connectivity index (χ0v) is 6.98.